The molecule has 2 aromatic rings. The highest BCUT2D eigenvalue weighted by molar-refractivity contribution is 7.20. The van der Waals surface area contributed by atoms with Crippen molar-refractivity contribution in [1.29, 1.82) is 0 Å². The fraction of sp³-hybridized carbons (Fsp3) is 0.333. The summed E-state index contributed by atoms with van der Waals surface area (Å²) in [5.74, 6) is -1.65. The summed E-state index contributed by atoms with van der Waals surface area (Å²) in [5, 5.41) is 14.9. The van der Waals surface area contributed by atoms with Crippen molar-refractivity contribution in [2.24, 2.45) is 0 Å². The van der Waals surface area contributed by atoms with Crippen LogP contribution >= 0.6 is 22.7 Å². The fourth-order valence-electron chi connectivity index (χ4n) is 2.44. The van der Waals surface area contributed by atoms with E-state index < -0.39 is 11.6 Å². The van der Waals surface area contributed by atoms with Crippen molar-refractivity contribution < 1.29 is 14.6 Å². The van der Waals surface area contributed by atoms with E-state index in [1.807, 2.05) is 35.9 Å². The zero-order valence-corrected chi connectivity index (χ0v) is 13.2. The summed E-state index contributed by atoms with van der Waals surface area (Å²) in [6.07, 6.45) is 1.62. The van der Waals surface area contributed by atoms with E-state index in [2.05, 4.69) is 0 Å². The number of ether oxygens (including phenoxy) is 2. The van der Waals surface area contributed by atoms with Crippen LogP contribution in [0.4, 0.5) is 0 Å². The first kappa shape index (κ1) is 13.8. The van der Waals surface area contributed by atoms with Crippen LogP contribution in [0.1, 0.15) is 26.3 Å². The summed E-state index contributed by atoms with van der Waals surface area (Å²) in [7, 11) is 0. The number of rotatable bonds is 2. The van der Waals surface area contributed by atoms with Gasteiger partial charge in [-0.1, -0.05) is 6.07 Å². The zero-order valence-electron chi connectivity index (χ0n) is 11.5. The Morgan fingerprint density at radius 3 is 2.60 bits per heavy atom. The van der Waals surface area contributed by atoms with Gasteiger partial charge in [-0.3, -0.25) is 0 Å². The minimum Gasteiger partial charge on any atom is -0.468 e. The second kappa shape index (κ2) is 4.70. The Labute approximate surface area is 126 Å². The molecule has 1 aliphatic heterocycles. The molecular weight excluding hydrogens is 292 g/mol. The lowest BCUT2D eigenvalue weighted by molar-refractivity contribution is -0.326. The monoisotopic (exact) mass is 308 g/mol. The first-order chi connectivity index (χ1) is 9.40. The van der Waals surface area contributed by atoms with E-state index in [0.717, 1.165) is 15.3 Å². The van der Waals surface area contributed by atoms with Crippen LogP contribution in [0.3, 0.4) is 0 Å². The third kappa shape index (κ3) is 2.42. The van der Waals surface area contributed by atoms with Gasteiger partial charge in [0.2, 0.25) is 11.6 Å². The molecule has 0 saturated carbocycles. The third-order valence-electron chi connectivity index (χ3n) is 3.00. The van der Waals surface area contributed by atoms with Gasteiger partial charge in [-0.05, 0) is 29.8 Å². The number of allylic oxidation sites excluding steroid dienone is 1. The molecule has 1 unspecified atom stereocenters. The predicted molar refractivity (Wildman–Crippen MR) is 81.5 cm³/mol. The Hall–Kier alpha value is -1.14. The standard InChI is InChI=1S/C15H16O3S2/c1-10-9-15(16,18-14(2,3)17-10)11-6-8-20-13(11)12-5-4-7-19-12/h4-9,16H,1-3H3. The maximum absolute atomic E-state index is 10.9. The van der Waals surface area contributed by atoms with E-state index in [9.17, 15) is 5.11 Å². The van der Waals surface area contributed by atoms with Crippen molar-refractivity contribution in [3.8, 4) is 9.75 Å². The molecule has 3 rings (SSSR count). The molecule has 3 heterocycles. The van der Waals surface area contributed by atoms with Gasteiger partial charge in [-0.25, -0.2) is 0 Å². The van der Waals surface area contributed by atoms with Gasteiger partial charge in [0, 0.05) is 30.4 Å². The van der Waals surface area contributed by atoms with Gasteiger partial charge in [0.1, 0.15) is 0 Å². The molecule has 0 saturated heterocycles. The average molecular weight is 308 g/mol. The van der Waals surface area contributed by atoms with Gasteiger partial charge in [-0.15, -0.1) is 22.7 Å². The Balaban J connectivity index is 2.09. The topological polar surface area (TPSA) is 38.7 Å². The molecule has 0 radical (unpaired) electrons. The Morgan fingerprint density at radius 2 is 1.95 bits per heavy atom. The van der Waals surface area contributed by atoms with Crippen LogP contribution in [0.2, 0.25) is 0 Å². The molecule has 0 bridgehead atoms. The first-order valence-electron chi connectivity index (χ1n) is 6.32. The Morgan fingerprint density at radius 1 is 1.15 bits per heavy atom. The smallest absolute Gasteiger partial charge is 0.221 e. The third-order valence-corrected chi connectivity index (χ3v) is 4.97. The van der Waals surface area contributed by atoms with Gasteiger partial charge < -0.3 is 14.6 Å². The summed E-state index contributed by atoms with van der Waals surface area (Å²) in [5.41, 5.74) is 0.765. The molecule has 2 aromatic heterocycles. The van der Waals surface area contributed by atoms with Crippen LogP contribution in [0.5, 0.6) is 0 Å². The maximum Gasteiger partial charge on any atom is 0.221 e. The van der Waals surface area contributed by atoms with Crippen molar-refractivity contribution in [1.82, 2.24) is 0 Å². The highest BCUT2D eigenvalue weighted by atomic mass is 32.1. The van der Waals surface area contributed by atoms with Gasteiger partial charge in [0.05, 0.1) is 10.6 Å². The average Bonchev–Trinajstić information content (AvgIpc) is 2.97. The quantitative estimate of drug-likeness (QED) is 0.898. The van der Waals surface area contributed by atoms with Crippen LogP contribution in [-0.2, 0) is 15.3 Å². The molecule has 1 atom stereocenters. The summed E-state index contributed by atoms with van der Waals surface area (Å²) in [6, 6.07) is 5.96. The molecule has 106 valence electrons. The highest BCUT2D eigenvalue weighted by Gasteiger charge is 2.42. The van der Waals surface area contributed by atoms with E-state index in [-0.39, 0.29) is 0 Å². The minimum atomic E-state index is -1.45. The largest absolute Gasteiger partial charge is 0.468 e. The van der Waals surface area contributed by atoms with E-state index in [4.69, 9.17) is 9.47 Å². The highest BCUT2D eigenvalue weighted by Crippen LogP contribution is 2.44. The number of hydrogen-bond donors (Lipinski definition) is 1. The molecule has 1 aliphatic rings. The fourth-order valence-corrected chi connectivity index (χ4v) is 4.27. The Kier molecular flexibility index (Phi) is 3.25. The van der Waals surface area contributed by atoms with Crippen LogP contribution in [0, 0.1) is 0 Å². The van der Waals surface area contributed by atoms with Crippen molar-refractivity contribution in [2.75, 3.05) is 0 Å². The number of aliphatic hydroxyl groups is 1. The molecular formula is C15H16O3S2. The lowest BCUT2D eigenvalue weighted by Gasteiger charge is -2.40. The van der Waals surface area contributed by atoms with Gasteiger partial charge >= 0.3 is 0 Å². The van der Waals surface area contributed by atoms with Crippen LogP contribution < -0.4 is 0 Å². The first-order valence-corrected chi connectivity index (χ1v) is 8.08. The SMILES string of the molecule is CC1=CC(O)(c2ccsc2-c2cccs2)OC(C)(C)O1. The van der Waals surface area contributed by atoms with Crippen molar-refractivity contribution in [3.05, 3.63) is 46.4 Å². The summed E-state index contributed by atoms with van der Waals surface area (Å²) in [6.45, 7) is 5.42. The van der Waals surface area contributed by atoms with E-state index in [1.165, 1.54) is 0 Å². The van der Waals surface area contributed by atoms with Crippen LogP contribution in [-0.4, -0.2) is 10.9 Å². The summed E-state index contributed by atoms with van der Waals surface area (Å²) >= 11 is 3.25. The summed E-state index contributed by atoms with van der Waals surface area (Å²) < 4.78 is 11.4. The van der Waals surface area contributed by atoms with Crippen LogP contribution in [0.15, 0.2) is 40.8 Å². The number of hydrogen-bond acceptors (Lipinski definition) is 5. The van der Waals surface area contributed by atoms with E-state index in [0.29, 0.717) is 5.76 Å². The summed E-state index contributed by atoms with van der Waals surface area (Å²) in [4.78, 5) is 2.16. The molecule has 0 aliphatic carbocycles. The molecule has 5 heteroatoms. The molecule has 0 spiro atoms. The lowest BCUT2D eigenvalue weighted by atomic mass is 10.0. The van der Waals surface area contributed by atoms with Gasteiger partial charge in [0.15, 0.2) is 0 Å². The number of thiophene rings is 2. The molecule has 20 heavy (non-hydrogen) atoms. The second-order valence-electron chi connectivity index (χ2n) is 5.20. The lowest BCUT2D eigenvalue weighted by Crippen LogP contribution is -2.43. The predicted octanol–water partition coefficient (Wildman–Crippen LogP) is 4.31. The molecule has 0 amide bonds. The van der Waals surface area contributed by atoms with E-state index >= 15 is 0 Å². The van der Waals surface area contributed by atoms with Gasteiger partial charge in [-0.2, -0.15) is 0 Å². The molecule has 3 nitrogen and oxygen atoms in total. The minimum absolute atomic E-state index is 0.659. The Bertz CT molecular complexity index is 640. The normalized spacial score (nSPS) is 25.1. The van der Waals surface area contributed by atoms with Crippen LogP contribution in [0.25, 0.3) is 9.75 Å². The maximum atomic E-state index is 10.9. The van der Waals surface area contributed by atoms with Crippen molar-refractivity contribution >= 4 is 22.7 Å². The zero-order chi connectivity index (χ0) is 14.4. The molecule has 1 N–H and O–H groups in total. The second-order valence-corrected chi connectivity index (χ2v) is 7.06. The van der Waals surface area contributed by atoms with Gasteiger partial charge in [0.25, 0.3) is 0 Å². The van der Waals surface area contributed by atoms with E-state index in [1.54, 1.807) is 42.6 Å². The van der Waals surface area contributed by atoms with Crippen molar-refractivity contribution in [2.45, 2.75) is 32.3 Å². The van der Waals surface area contributed by atoms with Crippen molar-refractivity contribution in [3.63, 3.8) is 0 Å². The molecule has 0 aromatic carbocycles. The molecule has 0 fully saturated rings.